The van der Waals surface area contributed by atoms with Crippen LogP contribution in [0.4, 0.5) is 5.69 Å². The number of hydrogen-bond donors (Lipinski definition) is 0. The Balaban J connectivity index is 3.24. The number of carbonyl (C=O) groups excluding carboxylic acids is 1. The summed E-state index contributed by atoms with van der Waals surface area (Å²) in [7, 11) is 0. The summed E-state index contributed by atoms with van der Waals surface area (Å²) in [4.78, 5) is 22.1. The van der Waals surface area contributed by atoms with Gasteiger partial charge in [0.05, 0.1) is 22.8 Å². The van der Waals surface area contributed by atoms with Crippen molar-refractivity contribution < 1.29 is 14.5 Å². The van der Waals surface area contributed by atoms with E-state index in [4.69, 9.17) is 4.74 Å². The number of nitro groups is 1. The molecule has 1 aromatic rings. The molecule has 0 heterocycles. The lowest BCUT2D eigenvalue weighted by Gasteiger charge is -2.08. The number of thioether (sulfide) groups is 1. The third-order valence-corrected chi connectivity index (χ3v) is 2.61. The standard InChI is InChI=1S/C11H13NO4S/c1-3-16-11-8(10(13)7-17-2)5-4-6-9(11)12(14)15/h4-6H,3,7H2,1-2H3. The molecule has 0 spiro atoms. The summed E-state index contributed by atoms with van der Waals surface area (Å²) in [6.45, 7) is 2.00. The molecule has 0 saturated carbocycles. The summed E-state index contributed by atoms with van der Waals surface area (Å²) in [6.07, 6.45) is 1.80. The largest absolute Gasteiger partial charge is 0.487 e. The molecule has 5 nitrogen and oxygen atoms in total. The van der Waals surface area contributed by atoms with Crippen LogP contribution in [0.25, 0.3) is 0 Å². The molecule has 0 N–H and O–H groups in total. The zero-order valence-electron chi connectivity index (χ0n) is 9.63. The van der Waals surface area contributed by atoms with E-state index in [9.17, 15) is 14.9 Å². The Labute approximate surface area is 103 Å². The molecule has 0 radical (unpaired) electrons. The van der Waals surface area contributed by atoms with E-state index in [1.807, 2.05) is 0 Å². The van der Waals surface area contributed by atoms with Crippen molar-refractivity contribution >= 4 is 23.2 Å². The number of benzene rings is 1. The van der Waals surface area contributed by atoms with Gasteiger partial charge in [0.25, 0.3) is 0 Å². The van der Waals surface area contributed by atoms with Crippen LogP contribution in [-0.2, 0) is 0 Å². The molecule has 0 aliphatic rings. The van der Waals surface area contributed by atoms with Gasteiger partial charge in [0.1, 0.15) is 0 Å². The van der Waals surface area contributed by atoms with Crippen LogP contribution in [0.1, 0.15) is 17.3 Å². The summed E-state index contributed by atoms with van der Waals surface area (Å²) in [5.74, 6) is 0.185. The molecule has 1 aromatic carbocycles. The Morgan fingerprint density at radius 2 is 2.24 bits per heavy atom. The first-order valence-electron chi connectivity index (χ1n) is 5.04. The van der Waals surface area contributed by atoms with E-state index in [0.29, 0.717) is 0 Å². The van der Waals surface area contributed by atoms with Crippen LogP contribution >= 0.6 is 11.8 Å². The number of ketones is 1. The van der Waals surface area contributed by atoms with E-state index in [2.05, 4.69) is 0 Å². The van der Waals surface area contributed by atoms with Crippen molar-refractivity contribution in [1.82, 2.24) is 0 Å². The minimum Gasteiger partial charge on any atom is -0.487 e. The van der Waals surface area contributed by atoms with Crippen LogP contribution in [0.15, 0.2) is 18.2 Å². The van der Waals surface area contributed by atoms with E-state index < -0.39 is 4.92 Å². The fourth-order valence-electron chi connectivity index (χ4n) is 1.39. The summed E-state index contributed by atoms with van der Waals surface area (Å²) >= 11 is 1.37. The maximum Gasteiger partial charge on any atom is 0.311 e. The number of nitrogens with zero attached hydrogens (tertiary/aromatic N) is 1. The average Bonchev–Trinajstić information content (AvgIpc) is 2.29. The Hall–Kier alpha value is -1.56. The van der Waals surface area contributed by atoms with Crippen molar-refractivity contribution in [2.75, 3.05) is 18.6 Å². The Morgan fingerprint density at radius 1 is 1.53 bits per heavy atom. The molecule has 0 aliphatic heterocycles. The molecule has 0 bridgehead atoms. The highest BCUT2D eigenvalue weighted by atomic mass is 32.2. The zero-order chi connectivity index (χ0) is 12.8. The first-order valence-corrected chi connectivity index (χ1v) is 6.43. The lowest BCUT2D eigenvalue weighted by atomic mass is 10.1. The zero-order valence-corrected chi connectivity index (χ0v) is 10.5. The molecule has 0 aliphatic carbocycles. The van der Waals surface area contributed by atoms with Crippen LogP contribution in [0, 0.1) is 10.1 Å². The molecule has 0 fully saturated rings. The second kappa shape index (κ2) is 6.24. The molecule has 0 aromatic heterocycles. The third kappa shape index (κ3) is 3.20. The van der Waals surface area contributed by atoms with Crippen LogP contribution in [0.2, 0.25) is 0 Å². The van der Waals surface area contributed by atoms with Crippen molar-refractivity contribution in [3.8, 4) is 5.75 Å². The molecule has 0 amide bonds. The smallest absolute Gasteiger partial charge is 0.311 e. The molecule has 1 rings (SSSR count). The van der Waals surface area contributed by atoms with Gasteiger partial charge in [0, 0.05) is 6.07 Å². The Bertz CT molecular complexity index is 433. The van der Waals surface area contributed by atoms with Crippen molar-refractivity contribution in [3.05, 3.63) is 33.9 Å². The number of nitro benzene ring substituents is 1. The molecule has 0 unspecified atom stereocenters. The monoisotopic (exact) mass is 255 g/mol. The second-order valence-electron chi connectivity index (χ2n) is 3.20. The van der Waals surface area contributed by atoms with Crippen LogP contribution in [0.3, 0.4) is 0 Å². The molecule has 6 heteroatoms. The minimum absolute atomic E-state index is 0.0686. The predicted molar refractivity (Wildman–Crippen MR) is 67.0 cm³/mol. The van der Waals surface area contributed by atoms with E-state index in [1.165, 1.54) is 23.9 Å². The van der Waals surface area contributed by atoms with Crippen molar-refractivity contribution in [1.29, 1.82) is 0 Å². The van der Waals surface area contributed by atoms with E-state index in [0.717, 1.165) is 0 Å². The lowest BCUT2D eigenvalue weighted by molar-refractivity contribution is -0.385. The van der Waals surface area contributed by atoms with Gasteiger partial charge < -0.3 is 4.74 Å². The molecular formula is C11H13NO4S. The summed E-state index contributed by atoms with van der Waals surface area (Å²) in [6, 6.07) is 4.38. The minimum atomic E-state index is -0.541. The average molecular weight is 255 g/mol. The predicted octanol–water partition coefficient (Wildman–Crippen LogP) is 2.54. The van der Waals surface area contributed by atoms with Crippen molar-refractivity contribution in [3.63, 3.8) is 0 Å². The topological polar surface area (TPSA) is 69.4 Å². The van der Waals surface area contributed by atoms with Gasteiger partial charge in [0.15, 0.2) is 5.78 Å². The third-order valence-electron chi connectivity index (χ3n) is 2.06. The summed E-state index contributed by atoms with van der Waals surface area (Å²) in [5.41, 5.74) is 0.106. The maximum atomic E-state index is 11.8. The van der Waals surface area contributed by atoms with Gasteiger partial charge in [-0.25, -0.2) is 0 Å². The van der Waals surface area contributed by atoms with E-state index in [1.54, 1.807) is 19.2 Å². The van der Waals surface area contributed by atoms with Crippen LogP contribution in [0.5, 0.6) is 5.75 Å². The fraction of sp³-hybridized carbons (Fsp3) is 0.364. The first-order chi connectivity index (χ1) is 8.11. The maximum absolute atomic E-state index is 11.8. The van der Waals surface area contributed by atoms with Crippen molar-refractivity contribution in [2.24, 2.45) is 0 Å². The highest BCUT2D eigenvalue weighted by Gasteiger charge is 2.22. The fourth-order valence-corrected chi connectivity index (χ4v) is 1.81. The van der Waals surface area contributed by atoms with Gasteiger partial charge in [-0.15, -0.1) is 0 Å². The SMILES string of the molecule is CCOc1c(C(=O)CSC)cccc1[N+](=O)[O-]. The highest BCUT2D eigenvalue weighted by Crippen LogP contribution is 2.31. The van der Waals surface area contributed by atoms with Gasteiger partial charge in [-0.05, 0) is 19.2 Å². The van der Waals surface area contributed by atoms with Gasteiger partial charge >= 0.3 is 5.69 Å². The normalized spacial score (nSPS) is 10.0. The highest BCUT2D eigenvalue weighted by molar-refractivity contribution is 7.99. The van der Waals surface area contributed by atoms with Gasteiger partial charge in [0.2, 0.25) is 5.75 Å². The lowest BCUT2D eigenvalue weighted by Crippen LogP contribution is -2.08. The number of Topliss-reactive ketones (excluding diaryl/α,β-unsaturated/α-hetero) is 1. The molecule has 0 saturated heterocycles. The molecule has 17 heavy (non-hydrogen) atoms. The molecule has 92 valence electrons. The number of para-hydroxylation sites is 1. The van der Waals surface area contributed by atoms with Crippen LogP contribution in [-0.4, -0.2) is 29.3 Å². The van der Waals surface area contributed by atoms with Gasteiger partial charge in [-0.2, -0.15) is 11.8 Å². The van der Waals surface area contributed by atoms with E-state index in [-0.39, 0.29) is 35.1 Å². The molecule has 0 atom stereocenters. The Kier molecular flexibility index (Phi) is 4.96. The number of rotatable bonds is 6. The quantitative estimate of drug-likeness (QED) is 0.444. The molecular weight excluding hydrogens is 242 g/mol. The summed E-state index contributed by atoms with van der Waals surface area (Å²) in [5, 5.41) is 10.8. The number of hydrogen-bond acceptors (Lipinski definition) is 5. The first kappa shape index (κ1) is 13.5. The summed E-state index contributed by atoms with van der Waals surface area (Å²) < 4.78 is 5.23. The van der Waals surface area contributed by atoms with Gasteiger partial charge in [-0.1, -0.05) is 6.07 Å². The second-order valence-corrected chi connectivity index (χ2v) is 4.07. The number of carbonyl (C=O) groups is 1. The van der Waals surface area contributed by atoms with E-state index >= 15 is 0 Å². The van der Waals surface area contributed by atoms with Gasteiger partial charge in [-0.3, -0.25) is 14.9 Å². The Morgan fingerprint density at radius 3 is 2.76 bits per heavy atom. The van der Waals surface area contributed by atoms with Crippen molar-refractivity contribution in [2.45, 2.75) is 6.92 Å². The number of ether oxygens (including phenoxy) is 1. The van der Waals surface area contributed by atoms with Crippen LogP contribution < -0.4 is 4.74 Å².